The molecule has 0 aliphatic rings. The van der Waals surface area contributed by atoms with Gasteiger partial charge in [0.15, 0.2) is 0 Å². The summed E-state index contributed by atoms with van der Waals surface area (Å²) in [5.74, 6) is -0.946. The monoisotopic (exact) mass is 285 g/mol. The number of rotatable bonds is 2. The van der Waals surface area contributed by atoms with E-state index in [1.165, 1.54) is 6.07 Å². The molecule has 0 radical (unpaired) electrons. The summed E-state index contributed by atoms with van der Waals surface area (Å²) < 4.78 is 51.5. The zero-order chi connectivity index (χ0) is 14.9. The number of non-ortho nitro benzene ring substituents is 1. The third-order valence-electron chi connectivity index (χ3n) is 2.66. The maximum absolute atomic E-state index is 13.7. The van der Waals surface area contributed by atoms with Crippen LogP contribution in [0.5, 0.6) is 0 Å². The lowest BCUT2D eigenvalue weighted by Gasteiger charge is -2.09. The van der Waals surface area contributed by atoms with Crippen molar-refractivity contribution in [1.82, 2.24) is 0 Å². The van der Waals surface area contributed by atoms with Gasteiger partial charge in [0.2, 0.25) is 0 Å². The van der Waals surface area contributed by atoms with E-state index in [1.54, 1.807) is 0 Å². The second-order valence-electron chi connectivity index (χ2n) is 4.00. The lowest BCUT2D eigenvalue weighted by atomic mass is 10.0. The van der Waals surface area contributed by atoms with Crippen LogP contribution in [0.4, 0.5) is 23.2 Å². The van der Waals surface area contributed by atoms with Gasteiger partial charge < -0.3 is 0 Å². The van der Waals surface area contributed by atoms with E-state index in [0.717, 1.165) is 30.3 Å². The average Bonchev–Trinajstić information content (AvgIpc) is 2.37. The maximum Gasteiger partial charge on any atom is 0.416 e. The van der Waals surface area contributed by atoms with E-state index in [0.29, 0.717) is 6.07 Å². The molecule has 0 bridgehead atoms. The number of benzene rings is 2. The Morgan fingerprint density at radius 3 is 2.30 bits per heavy atom. The van der Waals surface area contributed by atoms with Crippen LogP contribution in [-0.4, -0.2) is 4.92 Å². The van der Waals surface area contributed by atoms with Gasteiger partial charge in [0.1, 0.15) is 5.82 Å². The Kier molecular flexibility index (Phi) is 3.44. The minimum atomic E-state index is -4.53. The minimum absolute atomic E-state index is 0.00669. The fourth-order valence-electron chi connectivity index (χ4n) is 1.71. The number of nitro benzene ring substituents is 1. The second-order valence-corrected chi connectivity index (χ2v) is 4.00. The number of hydrogen-bond donors (Lipinski definition) is 0. The highest BCUT2D eigenvalue weighted by molar-refractivity contribution is 5.66. The third kappa shape index (κ3) is 2.76. The first-order chi connectivity index (χ1) is 9.29. The molecule has 2 rings (SSSR count). The first-order valence-electron chi connectivity index (χ1n) is 5.40. The molecular weight excluding hydrogens is 278 g/mol. The predicted octanol–water partition coefficient (Wildman–Crippen LogP) is 4.42. The largest absolute Gasteiger partial charge is 0.416 e. The van der Waals surface area contributed by atoms with Gasteiger partial charge in [-0.05, 0) is 23.8 Å². The second kappa shape index (κ2) is 4.92. The van der Waals surface area contributed by atoms with Crippen molar-refractivity contribution in [2.45, 2.75) is 6.18 Å². The number of halogens is 4. The molecule has 0 aromatic heterocycles. The molecule has 0 heterocycles. The van der Waals surface area contributed by atoms with E-state index in [2.05, 4.69) is 0 Å². The summed E-state index contributed by atoms with van der Waals surface area (Å²) in [6.07, 6.45) is -4.53. The van der Waals surface area contributed by atoms with Gasteiger partial charge in [-0.1, -0.05) is 12.1 Å². The summed E-state index contributed by atoms with van der Waals surface area (Å²) in [6, 6.07) is 6.92. The van der Waals surface area contributed by atoms with Crippen molar-refractivity contribution >= 4 is 5.69 Å². The molecule has 3 nitrogen and oxygen atoms in total. The van der Waals surface area contributed by atoms with Crippen molar-refractivity contribution < 1.29 is 22.5 Å². The molecule has 0 fully saturated rings. The summed E-state index contributed by atoms with van der Waals surface area (Å²) in [6.45, 7) is 0. The fourth-order valence-corrected chi connectivity index (χ4v) is 1.71. The predicted molar refractivity (Wildman–Crippen MR) is 63.5 cm³/mol. The van der Waals surface area contributed by atoms with Crippen molar-refractivity contribution in [1.29, 1.82) is 0 Å². The van der Waals surface area contributed by atoms with E-state index >= 15 is 0 Å². The van der Waals surface area contributed by atoms with Crippen LogP contribution in [0, 0.1) is 15.9 Å². The van der Waals surface area contributed by atoms with Crippen LogP contribution in [0.25, 0.3) is 11.1 Å². The molecule has 2 aromatic carbocycles. The molecule has 0 N–H and O–H groups in total. The van der Waals surface area contributed by atoms with Crippen molar-refractivity contribution in [3.63, 3.8) is 0 Å². The van der Waals surface area contributed by atoms with E-state index in [1.807, 2.05) is 0 Å². The van der Waals surface area contributed by atoms with E-state index in [-0.39, 0.29) is 11.1 Å². The molecule has 0 atom stereocenters. The molecule has 0 unspecified atom stereocenters. The molecule has 0 saturated carbocycles. The summed E-state index contributed by atoms with van der Waals surface area (Å²) in [5.41, 5.74) is -1.49. The molecule has 0 spiro atoms. The third-order valence-corrected chi connectivity index (χ3v) is 2.66. The van der Waals surface area contributed by atoms with Crippen LogP contribution in [-0.2, 0) is 6.18 Å². The Balaban J connectivity index is 2.49. The van der Waals surface area contributed by atoms with Crippen LogP contribution < -0.4 is 0 Å². The van der Waals surface area contributed by atoms with Crippen molar-refractivity contribution in [3.05, 3.63) is 64.0 Å². The molecule has 7 heteroatoms. The van der Waals surface area contributed by atoms with E-state index in [4.69, 9.17) is 0 Å². The average molecular weight is 285 g/mol. The van der Waals surface area contributed by atoms with Gasteiger partial charge in [-0.15, -0.1) is 0 Å². The summed E-state index contributed by atoms with van der Waals surface area (Å²) in [5, 5.41) is 10.5. The zero-order valence-electron chi connectivity index (χ0n) is 9.82. The Bertz CT molecular complexity index is 668. The van der Waals surface area contributed by atoms with Gasteiger partial charge >= 0.3 is 6.18 Å². The molecule has 0 aliphatic heterocycles. The molecule has 0 saturated heterocycles. The molecule has 0 aliphatic carbocycles. The summed E-state index contributed by atoms with van der Waals surface area (Å²) in [4.78, 5) is 9.70. The van der Waals surface area contributed by atoms with Gasteiger partial charge in [0, 0.05) is 11.6 Å². The van der Waals surface area contributed by atoms with Crippen LogP contribution in [0.2, 0.25) is 0 Å². The van der Waals surface area contributed by atoms with Crippen LogP contribution in [0.15, 0.2) is 42.5 Å². The number of alkyl halides is 3. The molecule has 0 amide bonds. The summed E-state index contributed by atoms with van der Waals surface area (Å²) in [7, 11) is 0. The van der Waals surface area contributed by atoms with Crippen LogP contribution in [0.3, 0.4) is 0 Å². The normalized spacial score (nSPS) is 11.4. The highest BCUT2D eigenvalue weighted by Crippen LogP contribution is 2.33. The van der Waals surface area contributed by atoms with Crippen LogP contribution in [0.1, 0.15) is 5.56 Å². The quantitative estimate of drug-likeness (QED) is 0.465. The van der Waals surface area contributed by atoms with Crippen molar-refractivity contribution in [2.75, 3.05) is 0 Å². The zero-order valence-corrected chi connectivity index (χ0v) is 9.82. The highest BCUT2D eigenvalue weighted by Gasteiger charge is 2.30. The number of nitrogens with zero attached hydrogens (tertiary/aromatic N) is 1. The van der Waals surface area contributed by atoms with Crippen molar-refractivity contribution in [2.24, 2.45) is 0 Å². The first kappa shape index (κ1) is 14.0. The van der Waals surface area contributed by atoms with Gasteiger partial charge in [-0.2, -0.15) is 13.2 Å². The molecule has 104 valence electrons. The fraction of sp³-hybridized carbons (Fsp3) is 0.0769. The molecule has 2 aromatic rings. The lowest BCUT2D eigenvalue weighted by molar-refractivity contribution is -0.385. The Morgan fingerprint density at radius 1 is 1.05 bits per heavy atom. The SMILES string of the molecule is O=[N+]([O-])c1ccc(-c2cccc(C(F)(F)F)c2)c(F)c1. The van der Waals surface area contributed by atoms with Gasteiger partial charge in [-0.25, -0.2) is 4.39 Å². The van der Waals surface area contributed by atoms with E-state index < -0.39 is 28.2 Å². The Labute approximate surface area is 110 Å². The van der Waals surface area contributed by atoms with Crippen molar-refractivity contribution in [3.8, 4) is 11.1 Å². The number of nitro groups is 1. The van der Waals surface area contributed by atoms with E-state index in [9.17, 15) is 27.7 Å². The topological polar surface area (TPSA) is 43.1 Å². The minimum Gasteiger partial charge on any atom is -0.258 e. The highest BCUT2D eigenvalue weighted by atomic mass is 19.4. The lowest BCUT2D eigenvalue weighted by Crippen LogP contribution is -2.04. The van der Waals surface area contributed by atoms with Gasteiger partial charge in [0.05, 0.1) is 16.6 Å². The molecule has 20 heavy (non-hydrogen) atoms. The van der Waals surface area contributed by atoms with Gasteiger partial charge in [-0.3, -0.25) is 10.1 Å². The molecular formula is C13H7F4NO2. The maximum atomic E-state index is 13.7. The standard InChI is InChI=1S/C13H7F4NO2/c14-12-7-10(18(19)20)4-5-11(12)8-2-1-3-9(6-8)13(15,16)17/h1-7H. The number of hydrogen-bond acceptors (Lipinski definition) is 2. The Hall–Kier alpha value is -2.44. The van der Waals surface area contributed by atoms with Crippen LogP contribution >= 0.6 is 0 Å². The van der Waals surface area contributed by atoms with Gasteiger partial charge in [0.25, 0.3) is 5.69 Å². The Morgan fingerprint density at radius 2 is 1.75 bits per heavy atom. The first-order valence-corrected chi connectivity index (χ1v) is 5.40. The smallest absolute Gasteiger partial charge is 0.258 e. The summed E-state index contributed by atoms with van der Waals surface area (Å²) >= 11 is 0.